The Balaban J connectivity index is 2.11. The molecule has 70 valence electrons. The maximum absolute atomic E-state index is 5.12. The van der Waals surface area contributed by atoms with Crippen LogP contribution in [0.3, 0.4) is 0 Å². The lowest BCUT2D eigenvalue weighted by Gasteiger charge is -2.27. The number of rotatable bonds is 2. The standard InChI is InChI=1S/C11H15NO/c1-13-9-12-7-6-10-4-2-3-5-11(10)8-12/h2-5H,6-9H2,1H3. The fraction of sp³-hybridized carbons (Fsp3) is 0.455. The Morgan fingerprint density at radius 2 is 2.08 bits per heavy atom. The van der Waals surface area contributed by atoms with E-state index in [1.165, 1.54) is 11.1 Å². The van der Waals surface area contributed by atoms with Gasteiger partial charge in [0.25, 0.3) is 0 Å². The molecule has 0 radical (unpaired) electrons. The van der Waals surface area contributed by atoms with Crippen molar-refractivity contribution in [2.24, 2.45) is 0 Å². The summed E-state index contributed by atoms with van der Waals surface area (Å²) in [5.74, 6) is 0. The first-order valence-electron chi connectivity index (χ1n) is 4.68. The third-order valence-electron chi connectivity index (χ3n) is 2.52. The molecule has 1 heterocycles. The SMILES string of the molecule is COCN1CCc2ccccc2C1. The molecule has 0 unspecified atom stereocenters. The third-order valence-corrected chi connectivity index (χ3v) is 2.52. The van der Waals surface area contributed by atoms with Gasteiger partial charge in [-0.15, -0.1) is 0 Å². The van der Waals surface area contributed by atoms with Crippen molar-refractivity contribution in [2.45, 2.75) is 13.0 Å². The Labute approximate surface area is 79.1 Å². The fourth-order valence-corrected chi connectivity index (χ4v) is 1.85. The smallest absolute Gasteiger partial charge is 0.0989 e. The van der Waals surface area contributed by atoms with Gasteiger partial charge < -0.3 is 4.74 Å². The van der Waals surface area contributed by atoms with Crippen molar-refractivity contribution < 1.29 is 4.74 Å². The molecule has 0 bridgehead atoms. The van der Waals surface area contributed by atoms with Crippen molar-refractivity contribution in [1.29, 1.82) is 0 Å². The predicted octanol–water partition coefficient (Wildman–Crippen LogP) is 1.65. The van der Waals surface area contributed by atoms with Gasteiger partial charge in [-0.25, -0.2) is 0 Å². The Bertz CT molecular complexity index is 285. The molecule has 0 amide bonds. The van der Waals surface area contributed by atoms with Crippen LogP contribution < -0.4 is 0 Å². The van der Waals surface area contributed by atoms with E-state index < -0.39 is 0 Å². The van der Waals surface area contributed by atoms with Gasteiger partial charge in [0.05, 0.1) is 6.73 Å². The highest BCUT2D eigenvalue weighted by Gasteiger charge is 2.14. The molecule has 2 rings (SSSR count). The summed E-state index contributed by atoms with van der Waals surface area (Å²) in [6.45, 7) is 2.89. The average molecular weight is 177 g/mol. The van der Waals surface area contributed by atoms with E-state index in [0.29, 0.717) is 0 Å². The molecule has 0 aromatic heterocycles. The van der Waals surface area contributed by atoms with Gasteiger partial charge in [0.1, 0.15) is 0 Å². The van der Waals surface area contributed by atoms with Gasteiger partial charge in [-0.05, 0) is 17.5 Å². The second-order valence-corrected chi connectivity index (χ2v) is 3.49. The van der Waals surface area contributed by atoms with Crippen LogP contribution in [0.15, 0.2) is 24.3 Å². The van der Waals surface area contributed by atoms with E-state index >= 15 is 0 Å². The van der Waals surface area contributed by atoms with Gasteiger partial charge in [-0.1, -0.05) is 24.3 Å². The summed E-state index contributed by atoms with van der Waals surface area (Å²) < 4.78 is 5.12. The molecule has 0 N–H and O–H groups in total. The summed E-state index contributed by atoms with van der Waals surface area (Å²) in [7, 11) is 1.75. The molecule has 0 atom stereocenters. The van der Waals surface area contributed by atoms with E-state index in [0.717, 1.165) is 26.2 Å². The Morgan fingerprint density at radius 1 is 1.31 bits per heavy atom. The minimum absolute atomic E-state index is 0.744. The number of nitrogens with zero attached hydrogens (tertiary/aromatic N) is 1. The molecule has 2 nitrogen and oxygen atoms in total. The summed E-state index contributed by atoms with van der Waals surface area (Å²) in [6.07, 6.45) is 1.15. The number of benzene rings is 1. The summed E-state index contributed by atoms with van der Waals surface area (Å²) >= 11 is 0. The average Bonchev–Trinajstić information content (AvgIpc) is 2.18. The van der Waals surface area contributed by atoms with Crippen LogP contribution in [-0.4, -0.2) is 25.3 Å². The molecule has 1 aliphatic rings. The number of ether oxygens (including phenoxy) is 1. The second-order valence-electron chi connectivity index (χ2n) is 3.49. The van der Waals surface area contributed by atoms with Crippen LogP contribution in [-0.2, 0) is 17.7 Å². The fourth-order valence-electron chi connectivity index (χ4n) is 1.85. The van der Waals surface area contributed by atoms with Crippen LogP contribution in [0.5, 0.6) is 0 Å². The molecular weight excluding hydrogens is 162 g/mol. The van der Waals surface area contributed by atoms with Gasteiger partial charge in [-0.3, -0.25) is 4.90 Å². The Kier molecular flexibility index (Phi) is 2.62. The zero-order valence-corrected chi connectivity index (χ0v) is 7.99. The van der Waals surface area contributed by atoms with Crippen molar-refractivity contribution in [3.63, 3.8) is 0 Å². The lowest BCUT2D eigenvalue weighted by Crippen LogP contribution is -2.31. The van der Waals surface area contributed by atoms with Crippen LogP contribution in [0.2, 0.25) is 0 Å². The van der Waals surface area contributed by atoms with Crippen molar-refractivity contribution in [3.05, 3.63) is 35.4 Å². The normalized spacial score (nSPS) is 17.0. The summed E-state index contributed by atoms with van der Waals surface area (Å²) in [5.41, 5.74) is 2.95. The number of fused-ring (bicyclic) bond motifs is 1. The molecule has 1 aliphatic heterocycles. The molecule has 0 saturated carbocycles. The number of methoxy groups -OCH3 is 1. The minimum Gasteiger partial charge on any atom is -0.369 e. The molecule has 2 heteroatoms. The topological polar surface area (TPSA) is 12.5 Å². The highest BCUT2D eigenvalue weighted by atomic mass is 16.5. The van der Waals surface area contributed by atoms with Gasteiger partial charge in [0.2, 0.25) is 0 Å². The largest absolute Gasteiger partial charge is 0.369 e. The van der Waals surface area contributed by atoms with Crippen LogP contribution in [0, 0.1) is 0 Å². The summed E-state index contributed by atoms with van der Waals surface area (Å²) in [5, 5.41) is 0. The first kappa shape index (κ1) is 8.73. The molecular formula is C11H15NO. The van der Waals surface area contributed by atoms with Crippen molar-refractivity contribution in [2.75, 3.05) is 20.4 Å². The quantitative estimate of drug-likeness (QED) is 0.681. The maximum atomic E-state index is 5.12. The highest BCUT2D eigenvalue weighted by molar-refractivity contribution is 5.28. The van der Waals surface area contributed by atoms with Gasteiger partial charge >= 0.3 is 0 Å². The van der Waals surface area contributed by atoms with E-state index in [4.69, 9.17) is 4.74 Å². The zero-order valence-electron chi connectivity index (χ0n) is 7.99. The maximum Gasteiger partial charge on any atom is 0.0989 e. The minimum atomic E-state index is 0.744. The Morgan fingerprint density at radius 3 is 2.85 bits per heavy atom. The van der Waals surface area contributed by atoms with E-state index in [9.17, 15) is 0 Å². The molecule has 1 aromatic rings. The lowest BCUT2D eigenvalue weighted by molar-refractivity contribution is 0.0544. The summed E-state index contributed by atoms with van der Waals surface area (Å²) in [4.78, 5) is 2.32. The van der Waals surface area contributed by atoms with Crippen molar-refractivity contribution >= 4 is 0 Å². The first-order chi connectivity index (χ1) is 6.40. The number of hydrogen-bond donors (Lipinski definition) is 0. The predicted molar refractivity (Wildman–Crippen MR) is 52.4 cm³/mol. The molecule has 0 fully saturated rings. The van der Waals surface area contributed by atoms with Gasteiger partial charge in [0, 0.05) is 20.2 Å². The number of hydrogen-bond acceptors (Lipinski definition) is 2. The monoisotopic (exact) mass is 177 g/mol. The Hall–Kier alpha value is -0.860. The first-order valence-corrected chi connectivity index (χ1v) is 4.68. The van der Waals surface area contributed by atoms with Gasteiger partial charge in [0.15, 0.2) is 0 Å². The van der Waals surface area contributed by atoms with E-state index in [1.807, 2.05) is 0 Å². The lowest BCUT2D eigenvalue weighted by atomic mass is 10.0. The van der Waals surface area contributed by atoms with E-state index in [2.05, 4.69) is 29.2 Å². The van der Waals surface area contributed by atoms with Crippen LogP contribution in [0.4, 0.5) is 0 Å². The molecule has 0 saturated heterocycles. The van der Waals surface area contributed by atoms with Crippen molar-refractivity contribution in [3.8, 4) is 0 Å². The molecule has 0 aliphatic carbocycles. The second kappa shape index (κ2) is 3.90. The van der Waals surface area contributed by atoms with Crippen LogP contribution >= 0.6 is 0 Å². The highest BCUT2D eigenvalue weighted by Crippen LogP contribution is 2.17. The van der Waals surface area contributed by atoms with Crippen LogP contribution in [0.25, 0.3) is 0 Å². The third kappa shape index (κ3) is 1.90. The van der Waals surface area contributed by atoms with Gasteiger partial charge in [-0.2, -0.15) is 0 Å². The molecule has 1 aromatic carbocycles. The molecule has 0 spiro atoms. The molecule has 13 heavy (non-hydrogen) atoms. The van der Waals surface area contributed by atoms with E-state index in [-0.39, 0.29) is 0 Å². The van der Waals surface area contributed by atoms with Crippen LogP contribution in [0.1, 0.15) is 11.1 Å². The van der Waals surface area contributed by atoms with E-state index in [1.54, 1.807) is 7.11 Å². The zero-order chi connectivity index (χ0) is 9.10. The van der Waals surface area contributed by atoms with Crippen molar-refractivity contribution in [1.82, 2.24) is 4.90 Å². The summed E-state index contributed by atoms with van der Waals surface area (Å²) in [6, 6.07) is 8.65.